The number of likely N-dealkylation sites (tertiary alicyclic amines) is 1. The quantitative estimate of drug-likeness (QED) is 0.549. The second kappa shape index (κ2) is 7.25. The number of amides is 1. The lowest BCUT2D eigenvalue weighted by Crippen LogP contribution is -2.33. The van der Waals surface area contributed by atoms with Crippen molar-refractivity contribution in [2.75, 3.05) is 11.9 Å². The molecule has 4 heterocycles. The highest BCUT2D eigenvalue weighted by Gasteiger charge is 2.31. The first-order valence-electron chi connectivity index (χ1n) is 9.22. The molecule has 1 aliphatic heterocycles. The van der Waals surface area contributed by atoms with Crippen molar-refractivity contribution < 1.29 is 9.18 Å². The van der Waals surface area contributed by atoms with E-state index in [4.69, 9.17) is 0 Å². The summed E-state index contributed by atoms with van der Waals surface area (Å²) in [7, 11) is 0. The highest BCUT2D eigenvalue weighted by Crippen LogP contribution is 2.22. The zero-order valence-electron chi connectivity index (χ0n) is 15.3. The van der Waals surface area contributed by atoms with Crippen LogP contribution < -0.4 is 5.32 Å². The normalized spacial score (nSPS) is 16.7. The number of anilines is 1. The number of rotatable bonds is 5. The molecule has 0 spiro atoms. The Morgan fingerprint density at radius 1 is 1.14 bits per heavy atom. The topological polar surface area (TPSA) is 75.4 Å². The molecule has 0 aliphatic carbocycles. The number of hydrogen-bond acceptors (Lipinski definition) is 6. The van der Waals surface area contributed by atoms with Crippen LogP contribution in [0.2, 0.25) is 0 Å². The van der Waals surface area contributed by atoms with E-state index in [2.05, 4.69) is 20.6 Å². The summed E-state index contributed by atoms with van der Waals surface area (Å²) >= 11 is 1.58. The standard InChI is InChI=1S/C20H17FN6OS/c21-15-3-1-13(2-4-15)11-26-9-7-16(20(26)28)22-17-5-6-18-23-24-19(27(18)25-17)14-8-10-29-12-14/h1-6,8,10,12,16H,7,9,11H2,(H,22,25). The molecule has 1 unspecified atom stereocenters. The van der Waals surface area contributed by atoms with E-state index in [0.29, 0.717) is 36.8 Å². The van der Waals surface area contributed by atoms with Gasteiger partial charge in [-0.15, -0.1) is 15.3 Å². The zero-order chi connectivity index (χ0) is 19.8. The number of thiophene rings is 1. The Bertz CT molecular complexity index is 1160. The molecular weight excluding hydrogens is 391 g/mol. The minimum absolute atomic E-state index is 0.0121. The molecule has 0 radical (unpaired) electrons. The number of carbonyl (C=O) groups is 1. The maximum absolute atomic E-state index is 13.1. The van der Waals surface area contributed by atoms with E-state index in [1.54, 1.807) is 39.0 Å². The number of nitrogens with zero attached hydrogens (tertiary/aromatic N) is 5. The van der Waals surface area contributed by atoms with Gasteiger partial charge in [0.1, 0.15) is 17.7 Å². The monoisotopic (exact) mass is 408 g/mol. The fourth-order valence-corrected chi connectivity index (χ4v) is 4.09. The number of nitrogens with one attached hydrogen (secondary N) is 1. The van der Waals surface area contributed by atoms with Gasteiger partial charge in [-0.2, -0.15) is 15.9 Å². The molecule has 1 atom stereocenters. The van der Waals surface area contributed by atoms with Gasteiger partial charge in [0.25, 0.3) is 0 Å². The molecule has 1 saturated heterocycles. The summed E-state index contributed by atoms with van der Waals surface area (Å²) in [5, 5.41) is 20.2. The molecule has 1 fully saturated rings. The lowest BCUT2D eigenvalue weighted by molar-refractivity contribution is -0.128. The number of benzene rings is 1. The molecule has 29 heavy (non-hydrogen) atoms. The van der Waals surface area contributed by atoms with Crippen molar-refractivity contribution in [3.05, 3.63) is 64.6 Å². The van der Waals surface area contributed by atoms with E-state index >= 15 is 0 Å². The van der Waals surface area contributed by atoms with Gasteiger partial charge in [-0.25, -0.2) is 4.39 Å². The number of hydrogen-bond donors (Lipinski definition) is 1. The maximum Gasteiger partial charge on any atom is 0.245 e. The largest absolute Gasteiger partial charge is 0.357 e. The zero-order valence-corrected chi connectivity index (χ0v) is 16.1. The maximum atomic E-state index is 13.1. The first-order chi connectivity index (χ1) is 14.2. The Kier molecular flexibility index (Phi) is 4.44. The van der Waals surface area contributed by atoms with E-state index in [9.17, 15) is 9.18 Å². The molecule has 7 nitrogen and oxygen atoms in total. The van der Waals surface area contributed by atoms with E-state index < -0.39 is 0 Å². The lowest BCUT2D eigenvalue weighted by atomic mass is 10.2. The first kappa shape index (κ1) is 17.7. The van der Waals surface area contributed by atoms with Gasteiger partial charge in [-0.05, 0) is 47.7 Å². The van der Waals surface area contributed by atoms with Gasteiger partial charge < -0.3 is 10.2 Å². The van der Waals surface area contributed by atoms with Crippen LogP contribution in [-0.4, -0.2) is 43.2 Å². The highest BCUT2D eigenvalue weighted by atomic mass is 32.1. The molecule has 1 aliphatic rings. The Labute approximate surface area is 169 Å². The lowest BCUT2D eigenvalue weighted by Gasteiger charge is -2.17. The van der Waals surface area contributed by atoms with Gasteiger partial charge in [0.05, 0.1) is 0 Å². The van der Waals surface area contributed by atoms with Crippen molar-refractivity contribution in [1.82, 2.24) is 24.7 Å². The van der Waals surface area contributed by atoms with Crippen molar-refractivity contribution in [2.24, 2.45) is 0 Å². The molecular formula is C20H17FN6OS. The van der Waals surface area contributed by atoms with Gasteiger partial charge >= 0.3 is 0 Å². The molecule has 3 aromatic heterocycles. The smallest absolute Gasteiger partial charge is 0.245 e. The molecule has 0 bridgehead atoms. The van der Waals surface area contributed by atoms with E-state index in [1.165, 1.54) is 12.1 Å². The Morgan fingerprint density at radius 3 is 2.79 bits per heavy atom. The van der Waals surface area contributed by atoms with Crippen LogP contribution in [0.5, 0.6) is 0 Å². The van der Waals surface area contributed by atoms with E-state index in [0.717, 1.165) is 11.1 Å². The molecule has 146 valence electrons. The van der Waals surface area contributed by atoms with E-state index in [-0.39, 0.29) is 17.8 Å². The second-order valence-corrected chi connectivity index (χ2v) is 7.68. The SMILES string of the molecule is O=C1C(Nc2ccc3nnc(-c4ccsc4)n3n2)CCN1Cc1ccc(F)cc1. The Balaban J connectivity index is 1.32. The minimum Gasteiger partial charge on any atom is -0.357 e. The number of aromatic nitrogens is 4. The highest BCUT2D eigenvalue weighted by molar-refractivity contribution is 7.08. The predicted molar refractivity (Wildman–Crippen MR) is 108 cm³/mol. The summed E-state index contributed by atoms with van der Waals surface area (Å²) in [6.07, 6.45) is 0.680. The molecule has 4 aromatic rings. The molecule has 1 N–H and O–H groups in total. The van der Waals surface area contributed by atoms with Crippen molar-refractivity contribution in [3.8, 4) is 11.4 Å². The third-order valence-electron chi connectivity index (χ3n) is 4.95. The average molecular weight is 408 g/mol. The van der Waals surface area contributed by atoms with Gasteiger partial charge in [0, 0.05) is 24.0 Å². The van der Waals surface area contributed by atoms with Crippen LogP contribution in [0.1, 0.15) is 12.0 Å². The molecule has 0 saturated carbocycles. The van der Waals surface area contributed by atoms with Crippen LogP contribution in [0.3, 0.4) is 0 Å². The number of halogens is 1. The minimum atomic E-state index is -0.346. The van der Waals surface area contributed by atoms with Gasteiger partial charge in [-0.3, -0.25) is 4.79 Å². The Morgan fingerprint density at radius 2 is 2.00 bits per heavy atom. The fourth-order valence-electron chi connectivity index (χ4n) is 3.46. The van der Waals surface area contributed by atoms with Gasteiger partial charge in [0.2, 0.25) is 5.91 Å². The third kappa shape index (κ3) is 3.44. The second-order valence-electron chi connectivity index (χ2n) is 6.90. The molecule has 9 heteroatoms. The summed E-state index contributed by atoms with van der Waals surface area (Å²) < 4.78 is 14.8. The first-order valence-corrected chi connectivity index (χ1v) is 10.2. The molecule has 1 aromatic carbocycles. The van der Waals surface area contributed by atoms with Crippen LogP contribution in [0, 0.1) is 5.82 Å². The van der Waals surface area contributed by atoms with E-state index in [1.807, 2.05) is 22.9 Å². The van der Waals surface area contributed by atoms with Crippen LogP contribution >= 0.6 is 11.3 Å². The van der Waals surface area contributed by atoms with Gasteiger partial charge in [0.15, 0.2) is 11.5 Å². The summed E-state index contributed by atoms with van der Waals surface area (Å²) in [6.45, 7) is 1.11. The fraction of sp³-hybridized carbons (Fsp3) is 0.200. The summed E-state index contributed by atoms with van der Waals surface area (Å²) in [6, 6.07) is 11.5. The third-order valence-corrected chi connectivity index (χ3v) is 5.63. The van der Waals surface area contributed by atoms with Crippen LogP contribution in [-0.2, 0) is 11.3 Å². The van der Waals surface area contributed by atoms with Crippen LogP contribution in [0.15, 0.2) is 53.2 Å². The summed E-state index contributed by atoms with van der Waals surface area (Å²) in [5.41, 5.74) is 2.51. The molecule has 5 rings (SSSR count). The molecule has 1 amide bonds. The van der Waals surface area contributed by atoms with Crippen LogP contribution in [0.25, 0.3) is 17.0 Å². The summed E-state index contributed by atoms with van der Waals surface area (Å²) in [4.78, 5) is 14.6. The van der Waals surface area contributed by atoms with Crippen LogP contribution in [0.4, 0.5) is 10.2 Å². The number of fused-ring (bicyclic) bond motifs is 1. The van der Waals surface area contributed by atoms with Gasteiger partial charge in [-0.1, -0.05) is 12.1 Å². The summed E-state index contributed by atoms with van der Waals surface area (Å²) in [5.74, 6) is 0.993. The Hall–Kier alpha value is -3.33. The van der Waals surface area contributed by atoms with Crippen molar-refractivity contribution >= 4 is 28.7 Å². The predicted octanol–water partition coefficient (Wildman–Crippen LogP) is 3.20. The van der Waals surface area contributed by atoms with Crippen molar-refractivity contribution in [3.63, 3.8) is 0 Å². The average Bonchev–Trinajstić information content (AvgIpc) is 3.46. The van der Waals surface area contributed by atoms with Crippen molar-refractivity contribution in [1.29, 1.82) is 0 Å². The van der Waals surface area contributed by atoms with Crippen molar-refractivity contribution in [2.45, 2.75) is 19.0 Å². The number of carbonyl (C=O) groups excluding carboxylic acids is 1.